The first-order valence-corrected chi connectivity index (χ1v) is 6.95. The third-order valence-corrected chi connectivity index (χ3v) is 3.01. The Hall–Kier alpha value is -2.75. The molecule has 114 valence electrons. The molecule has 0 spiro atoms. The second-order valence-corrected chi connectivity index (χ2v) is 5.10. The maximum Gasteiger partial charge on any atom is 0.190 e. The van der Waals surface area contributed by atoms with Crippen LogP contribution in [0.25, 0.3) is 0 Å². The van der Waals surface area contributed by atoms with E-state index in [4.69, 9.17) is 4.74 Å². The van der Waals surface area contributed by atoms with E-state index < -0.39 is 0 Å². The van der Waals surface area contributed by atoms with Crippen LogP contribution in [0.3, 0.4) is 0 Å². The van der Waals surface area contributed by atoms with Gasteiger partial charge in [0.15, 0.2) is 5.78 Å². The summed E-state index contributed by atoms with van der Waals surface area (Å²) in [6.45, 7) is 0.411. The lowest BCUT2D eigenvalue weighted by Crippen LogP contribution is -2.03. The number of ketones is 1. The zero-order valence-corrected chi connectivity index (χ0v) is 12.7. The number of phenolic OH excluding ortho intramolecular Hbond substituents is 1. The molecular formula is C18H19NO3. The minimum absolute atomic E-state index is 0.0843. The van der Waals surface area contributed by atoms with Gasteiger partial charge in [-0.2, -0.15) is 0 Å². The molecule has 0 saturated carbocycles. The summed E-state index contributed by atoms with van der Waals surface area (Å²) in [5.41, 5.74) is 1.29. The van der Waals surface area contributed by atoms with Crippen molar-refractivity contribution in [1.82, 2.24) is 4.90 Å². The fraction of sp³-hybridized carbons (Fsp3) is 0.167. The summed E-state index contributed by atoms with van der Waals surface area (Å²) in [6, 6.07) is 14.5. The fourth-order valence-electron chi connectivity index (χ4n) is 1.86. The number of carbonyl (C=O) groups excluding carboxylic acids is 1. The number of hydrogen-bond acceptors (Lipinski definition) is 4. The van der Waals surface area contributed by atoms with Crippen LogP contribution in [0, 0.1) is 0 Å². The lowest BCUT2D eigenvalue weighted by molar-refractivity contribution is 0.104. The molecule has 0 bridgehead atoms. The number of hydrogen-bond donors (Lipinski definition) is 1. The molecule has 4 heteroatoms. The Balaban J connectivity index is 2.04. The summed E-state index contributed by atoms with van der Waals surface area (Å²) in [4.78, 5) is 13.7. The number of phenols is 1. The van der Waals surface area contributed by atoms with Gasteiger partial charge in [-0.3, -0.25) is 4.79 Å². The van der Waals surface area contributed by atoms with Gasteiger partial charge in [-0.15, -0.1) is 0 Å². The van der Waals surface area contributed by atoms with Crippen LogP contribution >= 0.6 is 0 Å². The van der Waals surface area contributed by atoms with Crippen molar-refractivity contribution in [3.8, 4) is 11.5 Å². The number of aromatic hydroxyl groups is 1. The molecule has 4 nitrogen and oxygen atoms in total. The first kappa shape index (κ1) is 15.6. The van der Waals surface area contributed by atoms with E-state index in [-0.39, 0.29) is 17.1 Å². The van der Waals surface area contributed by atoms with Crippen LogP contribution in [-0.4, -0.2) is 29.9 Å². The first-order chi connectivity index (χ1) is 10.6. The standard InChI is InChI=1S/C18H19NO3/c1-19(2)11-10-17(20)16-9-8-15(12-18(16)21)22-13-14-6-4-3-5-7-14/h3-12,21H,13H2,1-2H3. The molecule has 0 atom stereocenters. The number of rotatable bonds is 6. The second-order valence-electron chi connectivity index (χ2n) is 5.10. The molecule has 0 radical (unpaired) electrons. The van der Waals surface area contributed by atoms with Crippen LogP contribution in [0.2, 0.25) is 0 Å². The zero-order valence-electron chi connectivity index (χ0n) is 12.7. The largest absolute Gasteiger partial charge is 0.507 e. The summed E-state index contributed by atoms with van der Waals surface area (Å²) >= 11 is 0. The molecule has 0 aliphatic carbocycles. The monoisotopic (exact) mass is 297 g/mol. The molecule has 0 unspecified atom stereocenters. The van der Waals surface area contributed by atoms with Crippen molar-refractivity contribution >= 4 is 5.78 Å². The third kappa shape index (κ3) is 4.38. The normalized spacial score (nSPS) is 10.6. The molecule has 22 heavy (non-hydrogen) atoms. The van der Waals surface area contributed by atoms with Crippen molar-refractivity contribution in [3.05, 3.63) is 71.9 Å². The maximum absolute atomic E-state index is 11.9. The van der Waals surface area contributed by atoms with Gasteiger partial charge in [0.1, 0.15) is 18.1 Å². The number of carbonyl (C=O) groups is 1. The summed E-state index contributed by atoms with van der Waals surface area (Å²) < 4.78 is 5.61. The average Bonchev–Trinajstić information content (AvgIpc) is 2.51. The molecule has 2 rings (SSSR count). The van der Waals surface area contributed by atoms with E-state index in [1.165, 1.54) is 12.1 Å². The van der Waals surface area contributed by atoms with Gasteiger partial charge in [-0.25, -0.2) is 0 Å². The highest BCUT2D eigenvalue weighted by Gasteiger charge is 2.09. The Bertz CT molecular complexity index is 663. The van der Waals surface area contributed by atoms with Gasteiger partial charge >= 0.3 is 0 Å². The van der Waals surface area contributed by atoms with Crippen LogP contribution in [0.15, 0.2) is 60.8 Å². The third-order valence-electron chi connectivity index (χ3n) is 3.01. The highest BCUT2D eigenvalue weighted by molar-refractivity contribution is 6.06. The molecule has 0 aromatic heterocycles. The van der Waals surface area contributed by atoms with Gasteiger partial charge in [-0.1, -0.05) is 30.3 Å². The molecule has 0 fully saturated rings. The van der Waals surface area contributed by atoms with Crippen molar-refractivity contribution < 1.29 is 14.6 Å². The quantitative estimate of drug-likeness (QED) is 0.657. The summed E-state index contributed by atoms with van der Waals surface area (Å²) in [5, 5.41) is 9.98. The Morgan fingerprint density at radius 3 is 2.55 bits per heavy atom. The minimum Gasteiger partial charge on any atom is -0.507 e. The summed E-state index contributed by atoms with van der Waals surface area (Å²) in [5.74, 6) is 0.189. The number of allylic oxidation sites excluding steroid dienone is 1. The molecule has 2 aromatic carbocycles. The van der Waals surface area contributed by atoms with Crippen molar-refractivity contribution in [2.24, 2.45) is 0 Å². The Kier molecular flexibility index (Phi) is 5.20. The lowest BCUT2D eigenvalue weighted by atomic mass is 10.1. The van der Waals surface area contributed by atoms with E-state index in [0.29, 0.717) is 12.4 Å². The molecule has 0 heterocycles. The molecular weight excluding hydrogens is 278 g/mol. The van der Waals surface area contributed by atoms with E-state index in [0.717, 1.165) is 5.56 Å². The second kappa shape index (κ2) is 7.31. The predicted molar refractivity (Wildman–Crippen MR) is 86.0 cm³/mol. The predicted octanol–water partition coefficient (Wildman–Crippen LogP) is 3.23. The van der Waals surface area contributed by atoms with Gasteiger partial charge in [0, 0.05) is 32.4 Å². The minimum atomic E-state index is -0.249. The molecule has 0 amide bonds. The van der Waals surface area contributed by atoms with E-state index in [1.807, 2.05) is 44.4 Å². The van der Waals surface area contributed by atoms with Crippen LogP contribution < -0.4 is 4.74 Å². The molecule has 0 aliphatic rings. The number of benzene rings is 2. The van der Waals surface area contributed by atoms with E-state index in [2.05, 4.69) is 0 Å². The Morgan fingerprint density at radius 1 is 1.18 bits per heavy atom. The summed E-state index contributed by atoms with van der Waals surface area (Å²) in [7, 11) is 3.65. The van der Waals surface area contributed by atoms with Crippen LogP contribution in [0.1, 0.15) is 15.9 Å². The fourth-order valence-corrected chi connectivity index (χ4v) is 1.86. The van der Waals surface area contributed by atoms with Crippen molar-refractivity contribution in [2.75, 3.05) is 14.1 Å². The SMILES string of the molecule is CN(C)C=CC(=O)c1ccc(OCc2ccccc2)cc1O. The van der Waals surface area contributed by atoms with Crippen molar-refractivity contribution in [3.63, 3.8) is 0 Å². The first-order valence-electron chi connectivity index (χ1n) is 6.95. The highest BCUT2D eigenvalue weighted by atomic mass is 16.5. The van der Waals surface area contributed by atoms with Gasteiger partial charge in [0.05, 0.1) is 5.56 Å². The van der Waals surface area contributed by atoms with E-state index >= 15 is 0 Å². The smallest absolute Gasteiger partial charge is 0.190 e. The van der Waals surface area contributed by atoms with Crippen LogP contribution in [0.4, 0.5) is 0 Å². The zero-order chi connectivity index (χ0) is 15.9. The van der Waals surface area contributed by atoms with E-state index in [1.54, 1.807) is 23.2 Å². The highest BCUT2D eigenvalue weighted by Crippen LogP contribution is 2.25. The van der Waals surface area contributed by atoms with E-state index in [9.17, 15) is 9.90 Å². The van der Waals surface area contributed by atoms with Crippen LogP contribution in [-0.2, 0) is 6.61 Å². The topological polar surface area (TPSA) is 49.8 Å². The number of ether oxygens (including phenoxy) is 1. The maximum atomic E-state index is 11.9. The lowest BCUT2D eigenvalue weighted by Gasteiger charge is -2.08. The Morgan fingerprint density at radius 2 is 1.91 bits per heavy atom. The number of nitrogens with zero attached hydrogens (tertiary/aromatic N) is 1. The molecule has 1 N–H and O–H groups in total. The molecule has 0 aliphatic heterocycles. The molecule has 0 saturated heterocycles. The van der Waals surface area contributed by atoms with Crippen LogP contribution in [0.5, 0.6) is 11.5 Å². The van der Waals surface area contributed by atoms with Crippen molar-refractivity contribution in [1.29, 1.82) is 0 Å². The summed E-state index contributed by atoms with van der Waals surface area (Å²) in [6.07, 6.45) is 3.06. The van der Waals surface area contributed by atoms with Gasteiger partial charge in [0.2, 0.25) is 0 Å². The van der Waals surface area contributed by atoms with Crippen molar-refractivity contribution in [2.45, 2.75) is 6.61 Å². The van der Waals surface area contributed by atoms with Gasteiger partial charge < -0.3 is 14.7 Å². The van der Waals surface area contributed by atoms with Gasteiger partial charge in [0.25, 0.3) is 0 Å². The average molecular weight is 297 g/mol. The van der Waals surface area contributed by atoms with Gasteiger partial charge in [-0.05, 0) is 17.7 Å². The Labute approximate surface area is 130 Å². The molecule has 2 aromatic rings.